The summed E-state index contributed by atoms with van der Waals surface area (Å²) in [6.07, 6.45) is 5.14. The molecule has 1 aromatic rings. The third-order valence-corrected chi connectivity index (χ3v) is 5.33. The minimum atomic E-state index is 0.449. The lowest BCUT2D eigenvalue weighted by molar-refractivity contribution is 0.516. The second kappa shape index (κ2) is 7.05. The van der Waals surface area contributed by atoms with Gasteiger partial charge in [-0.25, -0.2) is 9.97 Å². The fourth-order valence-electron chi connectivity index (χ4n) is 3.01. The first-order valence-electron chi connectivity index (χ1n) is 7.87. The van der Waals surface area contributed by atoms with Gasteiger partial charge in [0, 0.05) is 12.5 Å². The zero-order valence-corrected chi connectivity index (χ0v) is 15.2. The Labute approximate surface area is 136 Å². The van der Waals surface area contributed by atoms with Crippen LogP contribution in [0.4, 0.5) is 5.82 Å². The summed E-state index contributed by atoms with van der Waals surface area (Å²) in [6, 6.07) is 0. The van der Waals surface area contributed by atoms with E-state index in [1.54, 1.807) is 0 Å². The van der Waals surface area contributed by atoms with Crippen molar-refractivity contribution >= 4 is 28.4 Å². The lowest BCUT2D eigenvalue weighted by Crippen LogP contribution is -2.12. The van der Waals surface area contributed by atoms with Crippen molar-refractivity contribution in [3.05, 3.63) is 15.1 Å². The van der Waals surface area contributed by atoms with E-state index >= 15 is 0 Å². The molecule has 1 N–H and O–H groups in total. The Morgan fingerprint density at radius 2 is 2.00 bits per heavy atom. The monoisotopic (exact) mass is 387 g/mol. The van der Waals surface area contributed by atoms with Crippen LogP contribution in [0.3, 0.4) is 0 Å². The van der Waals surface area contributed by atoms with Crippen LogP contribution in [0.15, 0.2) is 0 Å². The summed E-state index contributed by atoms with van der Waals surface area (Å²) in [4.78, 5) is 9.73. The molecule has 20 heavy (non-hydrogen) atoms. The van der Waals surface area contributed by atoms with E-state index in [-0.39, 0.29) is 0 Å². The van der Waals surface area contributed by atoms with Crippen molar-refractivity contribution in [3.8, 4) is 0 Å². The van der Waals surface area contributed by atoms with Gasteiger partial charge < -0.3 is 5.32 Å². The molecule has 3 nitrogen and oxygen atoms in total. The summed E-state index contributed by atoms with van der Waals surface area (Å²) in [7, 11) is 0. The Morgan fingerprint density at radius 3 is 2.55 bits per heavy atom. The van der Waals surface area contributed by atoms with Gasteiger partial charge in [0.15, 0.2) is 0 Å². The minimum Gasteiger partial charge on any atom is -0.369 e. The number of halogens is 1. The number of aromatic nitrogens is 2. The molecule has 1 saturated carbocycles. The van der Waals surface area contributed by atoms with Crippen LogP contribution in [0.2, 0.25) is 0 Å². The van der Waals surface area contributed by atoms with Gasteiger partial charge in [0.2, 0.25) is 0 Å². The van der Waals surface area contributed by atoms with Gasteiger partial charge >= 0.3 is 0 Å². The smallest absolute Gasteiger partial charge is 0.143 e. The van der Waals surface area contributed by atoms with E-state index < -0.39 is 0 Å². The first-order chi connectivity index (χ1) is 9.56. The fourth-order valence-corrected chi connectivity index (χ4v) is 4.07. The highest BCUT2D eigenvalue weighted by molar-refractivity contribution is 14.1. The molecular formula is C16H26IN3. The van der Waals surface area contributed by atoms with E-state index in [9.17, 15) is 0 Å². The molecule has 2 atom stereocenters. The largest absolute Gasteiger partial charge is 0.369 e. The normalized spacial score (nSPS) is 22.5. The van der Waals surface area contributed by atoms with Gasteiger partial charge in [-0.05, 0) is 60.6 Å². The molecule has 1 aromatic heterocycles. The molecular weight excluding hydrogens is 361 g/mol. The third-order valence-electron chi connectivity index (χ3n) is 4.27. The van der Waals surface area contributed by atoms with Crippen molar-refractivity contribution in [2.24, 2.45) is 5.92 Å². The van der Waals surface area contributed by atoms with Crippen molar-refractivity contribution in [1.82, 2.24) is 9.97 Å². The molecule has 1 aliphatic carbocycles. The Hall–Kier alpha value is -0.390. The molecule has 0 aromatic carbocycles. The second-order valence-electron chi connectivity index (χ2n) is 6.10. The topological polar surface area (TPSA) is 37.8 Å². The minimum absolute atomic E-state index is 0.449. The van der Waals surface area contributed by atoms with Crippen LogP contribution >= 0.6 is 22.6 Å². The molecule has 0 spiro atoms. The molecule has 0 bridgehead atoms. The lowest BCUT2D eigenvalue weighted by Gasteiger charge is -2.17. The van der Waals surface area contributed by atoms with E-state index in [2.05, 4.69) is 55.6 Å². The van der Waals surface area contributed by atoms with Crippen molar-refractivity contribution in [3.63, 3.8) is 0 Å². The molecule has 0 radical (unpaired) electrons. The number of nitrogens with one attached hydrogen (secondary N) is 1. The first kappa shape index (κ1) is 16.0. The molecule has 4 heteroatoms. The molecule has 1 aliphatic rings. The van der Waals surface area contributed by atoms with E-state index in [1.165, 1.54) is 34.9 Å². The van der Waals surface area contributed by atoms with Crippen LogP contribution < -0.4 is 5.32 Å². The summed E-state index contributed by atoms with van der Waals surface area (Å²) in [5, 5.41) is 3.40. The Bertz CT molecular complexity index is 459. The quantitative estimate of drug-likeness (QED) is 0.728. The summed E-state index contributed by atoms with van der Waals surface area (Å²) in [5.74, 6) is 3.98. The number of anilines is 1. The number of hydrogen-bond donors (Lipinski definition) is 1. The van der Waals surface area contributed by atoms with E-state index in [4.69, 9.17) is 9.97 Å². The van der Waals surface area contributed by atoms with Gasteiger partial charge in [0.25, 0.3) is 0 Å². The summed E-state index contributed by atoms with van der Waals surface area (Å²) in [5.41, 5.74) is 1.20. The Kier molecular flexibility index (Phi) is 5.64. The van der Waals surface area contributed by atoms with Crippen LogP contribution in [0.1, 0.15) is 76.7 Å². The predicted molar refractivity (Wildman–Crippen MR) is 93.4 cm³/mol. The van der Waals surface area contributed by atoms with Crippen LogP contribution in [-0.4, -0.2) is 16.5 Å². The third kappa shape index (κ3) is 3.43. The van der Waals surface area contributed by atoms with Crippen LogP contribution in [-0.2, 0) is 0 Å². The van der Waals surface area contributed by atoms with Gasteiger partial charge in [-0.1, -0.05) is 27.2 Å². The van der Waals surface area contributed by atoms with Gasteiger partial charge in [-0.3, -0.25) is 0 Å². The van der Waals surface area contributed by atoms with Crippen molar-refractivity contribution in [1.29, 1.82) is 0 Å². The molecule has 1 heterocycles. The Balaban J connectivity index is 2.33. The maximum Gasteiger partial charge on any atom is 0.143 e. The number of rotatable bonds is 5. The number of hydrogen-bond acceptors (Lipinski definition) is 3. The van der Waals surface area contributed by atoms with E-state index in [0.717, 1.165) is 24.1 Å². The molecule has 112 valence electrons. The molecule has 2 rings (SSSR count). The SMILES string of the molecule is CCNc1nc(C2CCC(CC)C2)nc(C(C)C)c1I. The molecule has 2 unspecified atom stereocenters. The lowest BCUT2D eigenvalue weighted by atomic mass is 10.0. The maximum atomic E-state index is 4.91. The van der Waals surface area contributed by atoms with Crippen LogP contribution in [0.25, 0.3) is 0 Å². The van der Waals surface area contributed by atoms with Gasteiger partial charge in [0.05, 0.1) is 9.26 Å². The average Bonchev–Trinajstić information content (AvgIpc) is 2.89. The van der Waals surface area contributed by atoms with Gasteiger partial charge in [-0.2, -0.15) is 0 Å². The summed E-state index contributed by atoms with van der Waals surface area (Å²) >= 11 is 2.38. The van der Waals surface area contributed by atoms with Crippen LogP contribution in [0.5, 0.6) is 0 Å². The van der Waals surface area contributed by atoms with Crippen molar-refractivity contribution < 1.29 is 0 Å². The van der Waals surface area contributed by atoms with Gasteiger partial charge in [0.1, 0.15) is 11.6 Å². The van der Waals surface area contributed by atoms with E-state index in [1.807, 2.05) is 0 Å². The van der Waals surface area contributed by atoms with Gasteiger partial charge in [-0.15, -0.1) is 0 Å². The number of nitrogens with zero attached hydrogens (tertiary/aromatic N) is 2. The average molecular weight is 387 g/mol. The van der Waals surface area contributed by atoms with Crippen molar-refractivity contribution in [2.45, 2.75) is 65.2 Å². The highest BCUT2D eigenvalue weighted by Gasteiger charge is 2.28. The Morgan fingerprint density at radius 1 is 1.25 bits per heavy atom. The summed E-state index contributed by atoms with van der Waals surface area (Å²) < 4.78 is 1.19. The first-order valence-corrected chi connectivity index (χ1v) is 8.95. The molecule has 0 aliphatic heterocycles. The standard InChI is InChI=1S/C16H26IN3/c1-5-11-7-8-12(9-11)15-19-14(10(3)4)13(17)16(20-15)18-6-2/h10-12H,5-9H2,1-4H3,(H,18,19,20). The van der Waals surface area contributed by atoms with Crippen molar-refractivity contribution in [2.75, 3.05) is 11.9 Å². The highest BCUT2D eigenvalue weighted by atomic mass is 127. The van der Waals surface area contributed by atoms with E-state index in [0.29, 0.717) is 11.8 Å². The second-order valence-corrected chi connectivity index (χ2v) is 7.18. The molecule has 0 saturated heterocycles. The zero-order valence-electron chi connectivity index (χ0n) is 13.0. The summed E-state index contributed by atoms with van der Waals surface area (Å²) in [6.45, 7) is 9.76. The zero-order chi connectivity index (χ0) is 14.7. The molecule has 1 fully saturated rings. The predicted octanol–water partition coefficient (Wildman–Crippen LogP) is 4.93. The fraction of sp³-hybridized carbons (Fsp3) is 0.750. The van der Waals surface area contributed by atoms with Crippen LogP contribution in [0, 0.1) is 9.49 Å². The highest BCUT2D eigenvalue weighted by Crippen LogP contribution is 2.39. The maximum absolute atomic E-state index is 4.91. The molecule has 0 amide bonds.